The molecule has 0 bridgehead atoms. The van der Waals surface area contributed by atoms with Crippen molar-refractivity contribution in [3.63, 3.8) is 0 Å². The molecule has 0 unspecified atom stereocenters. The predicted molar refractivity (Wildman–Crippen MR) is 137 cm³/mol. The fourth-order valence-corrected chi connectivity index (χ4v) is 4.01. The maximum Gasteiger partial charge on any atom is 0.255 e. The summed E-state index contributed by atoms with van der Waals surface area (Å²) in [6, 6.07) is 24.5. The second kappa shape index (κ2) is 9.19. The lowest BCUT2D eigenvalue weighted by Crippen LogP contribution is -2.11. The SMILES string of the molecule is O=C(Nc1cccc(-c2oc3cc(-c4ccc(F)cc4)ccc3c(=O)c2O)c1)c1ccc(Br)cc1. The zero-order chi connectivity index (χ0) is 24.5. The highest BCUT2D eigenvalue weighted by molar-refractivity contribution is 9.10. The minimum Gasteiger partial charge on any atom is -0.502 e. The summed E-state index contributed by atoms with van der Waals surface area (Å²) in [7, 11) is 0. The van der Waals surface area contributed by atoms with Crippen LogP contribution in [0.15, 0.2) is 105 Å². The van der Waals surface area contributed by atoms with E-state index in [1.165, 1.54) is 12.1 Å². The molecular formula is C28H17BrFNO4. The van der Waals surface area contributed by atoms with Crippen molar-refractivity contribution in [2.45, 2.75) is 0 Å². The summed E-state index contributed by atoms with van der Waals surface area (Å²) in [6.45, 7) is 0. The van der Waals surface area contributed by atoms with E-state index in [4.69, 9.17) is 4.42 Å². The number of fused-ring (bicyclic) bond motifs is 1. The number of rotatable bonds is 4. The first-order chi connectivity index (χ1) is 16.9. The Morgan fingerprint density at radius 1 is 0.857 bits per heavy atom. The van der Waals surface area contributed by atoms with E-state index in [9.17, 15) is 19.1 Å². The topological polar surface area (TPSA) is 79.5 Å². The van der Waals surface area contributed by atoms with Gasteiger partial charge in [0.2, 0.25) is 11.2 Å². The summed E-state index contributed by atoms with van der Waals surface area (Å²) in [5.41, 5.74) is 2.55. The smallest absolute Gasteiger partial charge is 0.255 e. The Kier molecular flexibility index (Phi) is 5.93. The predicted octanol–water partition coefficient (Wildman–Crippen LogP) is 6.99. The molecule has 0 saturated carbocycles. The number of hydrogen-bond acceptors (Lipinski definition) is 4. The highest BCUT2D eigenvalue weighted by Crippen LogP contribution is 2.33. The molecule has 172 valence electrons. The van der Waals surface area contributed by atoms with E-state index in [0.717, 1.165) is 15.6 Å². The van der Waals surface area contributed by atoms with E-state index in [1.807, 2.05) is 0 Å². The third kappa shape index (κ3) is 4.58. The normalized spacial score (nSPS) is 10.9. The maximum absolute atomic E-state index is 13.3. The number of aromatic hydroxyl groups is 1. The number of carbonyl (C=O) groups is 1. The lowest BCUT2D eigenvalue weighted by Gasteiger charge is -2.10. The van der Waals surface area contributed by atoms with Gasteiger partial charge in [-0.3, -0.25) is 9.59 Å². The van der Waals surface area contributed by atoms with Crippen LogP contribution in [0.25, 0.3) is 33.4 Å². The molecule has 5 aromatic rings. The number of anilines is 1. The van der Waals surface area contributed by atoms with Crippen LogP contribution in [0.5, 0.6) is 5.75 Å². The average Bonchev–Trinajstić information content (AvgIpc) is 2.87. The second-order valence-corrected chi connectivity index (χ2v) is 8.78. The number of nitrogens with one attached hydrogen (secondary N) is 1. The Morgan fingerprint density at radius 2 is 1.57 bits per heavy atom. The monoisotopic (exact) mass is 529 g/mol. The van der Waals surface area contributed by atoms with Crippen molar-refractivity contribution < 1.29 is 18.7 Å². The van der Waals surface area contributed by atoms with Crippen LogP contribution >= 0.6 is 15.9 Å². The molecule has 35 heavy (non-hydrogen) atoms. The second-order valence-electron chi connectivity index (χ2n) is 7.87. The van der Waals surface area contributed by atoms with Crippen molar-refractivity contribution in [2.75, 3.05) is 5.32 Å². The van der Waals surface area contributed by atoms with Crippen LogP contribution < -0.4 is 10.7 Å². The van der Waals surface area contributed by atoms with Gasteiger partial charge in [-0.15, -0.1) is 0 Å². The van der Waals surface area contributed by atoms with E-state index < -0.39 is 11.2 Å². The summed E-state index contributed by atoms with van der Waals surface area (Å²) in [6.07, 6.45) is 0. The van der Waals surface area contributed by atoms with Crippen molar-refractivity contribution in [2.24, 2.45) is 0 Å². The van der Waals surface area contributed by atoms with Crippen molar-refractivity contribution >= 4 is 38.5 Å². The van der Waals surface area contributed by atoms with Gasteiger partial charge in [0.15, 0.2) is 5.76 Å². The largest absolute Gasteiger partial charge is 0.502 e. The van der Waals surface area contributed by atoms with Crippen molar-refractivity contribution in [3.8, 4) is 28.2 Å². The Morgan fingerprint density at radius 3 is 2.31 bits per heavy atom. The fraction of sp³-hybridized carbons (Fsp3) is 0. The molecule has 1 aromatic heterocycles. The molecule has 0 radical (unpaired) electrons. The van der Waals surface area contributed by atoms with Crippen LogP contribution in [0, 0.1) is 5.82 Å². The number of carbonyl (C=O) groups excluding carboxylic acids is 1. The van der Waals surface area contributed by atoms with E-state index >= 15 is 0 Å². The van der Waals surface area contributed by atoms with E-state index in [2.05, 4.69) is 21.2 Å². The first kappa shape index (κ1) is 22.6. The van der Waals surface area contributed by atoms with Crippen LogP contribution in [-0.2, 0) is 0 Å². The van der Waals surface area contributed by atoms with Gasteiger partial charge in [-0.2, -0.15) is 0 Å². The molecule has 5 nitrogen and oxygen atoms in total. The molecule has 0 aliphatic carbocycles. The molecule has 5 rings (SSSR count). The Labute approximate surface area is 207 Å². The number of benzene rings is 4. The molecule has 2 N–H and O–H groups in total. The minimum absolute atomic E-state index is 0.0153. The molecule has 0 aliphatic heterocycles. The number of amides is 1. The van der Waals surface area contributed by atoms with Crippen molar-refractivity contribution in [1.82, 2.24) is 0 Å². The molecule has 7 heteroatoms. The standard InChI is InChI=1S/C28H17BrFNO4/c29-20-9-4-17(5-10-20)28(34)31-22-3-1-2-19(14-22)27-26(33)25(32)23-13-8-18(15-24(23)35-27)16-6-11-21(30)12-7-16/h1-15,33H,(H,31,34). The van der Waals surface area contributed by atoms with Gasteiger partial charge in [0.1, 0.15) is 11.4 Å². The molecule has 0 fully saturated rings. The Balaban J connectivity index is 1.53. The van der Waals surface area contributed by atoms with Crippen LogP contribution in [0.4, 0.5) is 10.1 Å². The van der Waals surface area contributed by atoms with Crippen molar-refractivity contribution in [1.29, 1.82) is 0 Å². The molecule has 0 atom stereocenters. The van der Waals surface area contributed by atoms with E-state index in [-0.39, 0.29) is 28.5 Å². The number of hydrogen-bond donors (Lipinski definition) is 2. The third-order valence-corrected chi connectivity index (χ3v) is 6.06. The summed E-state index contributed by atoms with van der Waals surface area (Å²) >= 11 is 3.34. The van der Waals surface area contributed by atoms with Gasteiger partial charge in [-0.25, -0.2) is 4.39 Å². The third-order valence-electron chi connectivity index (χ3n) is 5.54. The molecule has 0 spiro atoms. The van der Waals surface area contributed by atoms with Gasteiger partial charge in [0, 0.05) is 21.3 Å². The van der Waals surface area contributed by atoms with Crippen LogP contribution in [0.1, 0.15) is 10.4 Å². The minimum atomic E-state index is -0.573. The van der Waals surface area contributed by atoms with Crippen LogP contribution in [0.3, 0.4) is 0 Å². The van der Waals surface area contributed by atoms with Gasteiger partial charge >= 0.3 is 0 Å². The molecule has 0 saturated heterocycles. The first-order valence-electron chi connectivity index (χ1n) is 10.6. The summed E-state index contributed by atoms with van der Waals surface area (Å²) in [4.78, 5) is 25.4. The first-order valence-corrected chi connectivity index (χ1v) is 11.4. The van der Waals surface area contributed by atoms with Crippen LogP contribution in [0.2, 0.25) is 0 Å². The Bertz CT molecular complexity index is 1630. The molecular weight excluding hydrogens is 513 g/mol. The lowest BCUT2D eigenvalue weighted by atomic mass is 10.0. The molecule has 1 heterocycles. The van der Waals surface area contributed by atoms with E-state index in [0.29, 0.717) is 16.8 Å². The number of halogens is 2. The van der Waals surface area contributed by atoms with Gasteiger partial charge < -0.3 is 14.8 Å². The molecule has 4 aromatic carbocycles. The van der Waals surface area contributed by atoms with Gasteiger partial charge in [0.25, 0.3) is 5.91 Å². The maximum atomic E-state index is 13.3. The van der Waals surface area contributed by atoms with E-state index in [1.54, 1.807) is 78.9 Å². The van der Waals surface area contributed by atoms with Gasteiger partial charge in [0.05, 0.1) is 5.39 Å². The quantitative estimate of drug-likeness (QED) is 0.263. The van der Waals surface area contributed by atoms with Gasteiger partial charge in [-0.05, 0) is 71.8 Å². The summed E-state index contributed by atoms with van der Waals surface area (Å²) < 4.78 is 20.1. The average molecular weight is 530 g/mol. The highest BCUT2D eigenvalue weighted by Gasteiger charge is 2.17. The fourth-order valence-electron chi connectivity index (χ4n) is 3.74. The summed E-state index contributed by atoms with van der Waals surface area (Å²) in [5.74, 6) is -1.19. The van der Waals surface area contributed by atoms with Crippen molar-refractivity contribution in [3.05, 3.63) is 117 Å². The molecule has 0 aliphatic rings. The zero-order valence-corrected chi connectivity index (χ0v) is 19.7. The Hall–Kier alpha value is -4.23. The summed E-state index contributed by atoms with van der Waals surface area (Å²) in [5, 5.41) is 13.6. The van der Waals surface area contributed by atoms with Crippen LogP contribution in [-0.4, -0.2) is 11.0 Å². The molecule has 1 amide bonds. The zero-order valence-electron chi connectivity index (χ0n) is 18.1. The lowest BCUT2D eigenvalue weighted by molar-refractivity contribution is 0.102. The highest BCUT2D eigenvalue weighted by atomic mass is 79.9. The van der Waals surface area contributed by atoms with Gasteiger partial charge in [-0.1, -0.05) is 46.3 Å².